The van der Waals surface area contributed by atoms with Crippen molar-refractivity contribution in [3.8, 4) is 11.5 Å². The molecule has 196 valence electrons. The molecule has 3 aromatic carbocycles. The monoisotopic (exact) mass is 499 g/mol. The number of hydrogen-bond acceptors (Lipinski definition) is 3. The standard InChI is InChI=1S/C33H41NO3/c1-20(2)24-12-14-25(15-13-24)28-19-37-31-22(4)21(3)27(23(5)30(28)31)18-33(6,7)16-17-34-32(36)26-10-8-9-11-29(26)35/h8-15,20,28,35H,16-19H2,1-7H3,(H,34,36)/t28-/m1/s1. The van der Waals surface area contributed by atoms with E-state index in [0.717, 1.165) is 18.6 Å². The summed E-state index contributed by atoms with van der Waals surface area (Å²) in [5, 5.41) is 13.0. The molecular formula is C33H41NO3. The molecule has 0 radical (unpaired) electrons. The van der Waals surface area contributed by atoms with Crippen LogP contribution in [0.5, 0.6) is 11.5 Å². The summed E-state index contributed by atoms with van der Waals surface area (Å²) in [6.07, 6.45) is 1.75. The van der Waals surface area contributed by atoms with E-state index in [2.05, 4.69) is 78.0 Å². The number of fused-ring (bicyclic) bond motifs is 1. The minimum Gasteiger partial charge on any atom is -0.507 e. The Balaban J connectivity index is 1.53. The number of phenols is 1. The van der Waals surface area contributed by atoms with Crippen molar-refractivity contribution in [2.45, 2.75) is 73.1 Å². The molecule has 4 heteroatoms. The van der Waals surface area contributed by atoms with Crippen LogP contribution in [0.3, 0.4) is 0 Å². The van der Waals surface area contributed by atoms with Crippen molar-refractivity contribution in [2.75, 3.05) is 13.2 Å². The van der Waals surface area contributed by atoms with Gasteiger partial charge in [0.2, 0.25) is 0 Å². The van der Waals surface area contributed by atoms with E-state index in [9.17, 15) is 9.90 Å². The van der Waals surface area contributed by atoms with Gasteiger partial charge in [-0.1, -0.05) is 64.1 Å². The summed E-state index contributed by atoms with van der Waals surface area (Å²) in [6.45, 7) is 16.9. The first-order chi connectivity index (χ1) is 17.5. The topological polar surface area (TPSA) is 58.6 Å². The second-order valence-corrected chi connectivity index (χ2v) is 11.6. The van der Waals surface area contributed by atoms with Crippen LogP contribution < -0.4 is 10.1 Å². The Hall–Kier alpha value is -3.27. The Morgan fingerprint density at radius 3 is 2.35 bits per heavy atom. The van der Waals surface area contributed by atoms with E-state index in [1.54, 1.807) is 18.2 Å². The van der Waals surface area contributed by atoms with Crippen LogP contribution in [0.1, 0.15) is 95.3 Å². The van der Waals surface area contributed by atoms with Crippen molar-refractivity contribution in [1.29, 1.82) is 0 Å². The highest BCUT2D eigenvalue weighted by molar-refractivity contribution is 5.96. The lowest BCUT2D eigenvalue weighted by atomic mass is 9.76. The summed E-state index contributed by atoms with van der Waals surface area (Å²) in [7, 11) is 0. The lowest BCUT2D eigenvalue weighted by Gasteiger charge is -2.29. The van der Waals surface area contributed by atoms with Gasteiger partial charge in [-0.05, 0) is 90.5 Å². The predicted molar refractivity (Wildman–Crippen MR) is 151 cm³/mol. The maximum absolute atomic E-state index is 12.5. The molecule has 0 saturated heterocycles. The van der Waals surface area contributed by atoms with Crippen molar-refractivity contribution < 1.29 is 14.6 Å². The smallest absolute Gasteiger partial charge is 0.255 e. The molecule has 3 aromatic rings. The fraction of sp³-hybridized carbons (Fsp3) is 0.424. The molecule has 0 unspecified atom stereocenters. The Morgan fingerprint density at radius 1 is 1.03 bits per heavy atom. The van der Waals surface area contributed by atoms with Crippen LogP contribution in [0, 0.1) is 26.2 Å². The molecule has 4 rings (SSSR count). The Labute approximate surface area is 222 Å². The SMILES string of the molecule is Cc1c(C)c2c(c(C)c1CC(C)(C)CCNC(=O)c1ccccc1O)[C@@H](c1ccc(C(C)C)cc1)CO2. The van der Waals surface area contributed by atoms with Crippen molar-refractivity contribution in [2.24, 2.45) is 5.41 Å². The average molecular weight is 500 g/mol. The fourth-order valence-electron chi connectivity index (χ4n) is 5.55. The molecule has 0 spiro atoms. The Kier molecular flexibility index (Phi) is 7.68. The number of aromatic hydroxyl groups is 1. The van der Waals surface area contributed by atoms with Gasteiger partial charge < -0.3 is 15.2 Å². The van der Waals surface area contributed by atoms with Crippen LogP contribution in [0.4, 0.5) is 0 Å². The van der Waals surface area contributed by atoms with Crippen LogP contribution in [-0.2, 0) is 6.42 Å². The number of carbonyl (C=O) groups is 1. The number of carbonyl (C=O) groups excluding carboxylic acids is 1. The van der Waals surface area contributed by atoms with Crippen LogP contribution >= 0.6 is 0 Å². The highest BCUT2D eigenvalue weighted by Crippen LogP contribution is 2.46. The summed E-state index contributed by atoms with van der Waals surface area (Å²) in [4.78, 5) is 12.5. The normalized spacial score (nSPS) is 15.0. The summed E-state index contributed by atoms with van der Waals surface area (Å²) < 4.78 is 6.30. The molecule has 37 heavy (non-hydrogen) atoms. The molecule has 0 aromatic heterocycles. The third-order valence-corrected chi connectivity index (χ3v) is 8.10. The first-order valence-corrected chi connectivity index (χ1v) is 13.4. The lowest BCUT2D eigenvalue weighted by molar-refractivity contribution is 0.0946. The van der Waals surface area contributed by atoms with Gasteiger partial charge in [-0.25, -0.2) is 0 Å². The third-order valence-electron chi connectivity index (χ3n) is 8.10. The molecule has 1 atom stereocenters. The quantitative estimate of drug-likeness (QED) is 0.340. The van der Waals surface area contributed by atoms with Gasteiger partial charge in [0.15, 0.2) is 0 Å². The maximum Gasteiger partial charge on any atom is 0.255 e. The van der Waals surface area contributed by atoms with Crippen LogP contribution in [-0.4, -0.2) is 24.2 Å². The molecule has 4 nitrogen and oxygen atoms in total. The zero-order valence-corrected chi connectivity index (χ0v) is 23.4. The van der Waals surface area contributed by atoms with E-state index >= 15 is 0 Å². The van der Waals surface area contributed by atoms with E-state index < -0.39 is 0 Å². The number of phenolic OH excluding ortho intramolecular Hbond substituents is 1. The van der Waals surface area contributed by atoms with Crippen molar-refractivity contribution in [1.82, 2.24) is 5.32 Å². The molecule has 2 N–H and O–H groups in total. The van der Waals surface area contributed by atoms with Crippen LogP contribution in [0.25, 0.3) is 0 Å². The minimum absolute atomic E-state index is 0.00902. The largest absolute Gasteiger partial charge is 0.507 e. The van der Waals surface area contributed by atoms with E-state index in [-0.39, 0.29) is 23.0 Å². The zero-order chi connectivity index (χ0) is 26.9. The molecule has 0 saturated carbocycles. The molecular weight excluding hydrogens is 458 g/mol. The van der Waals surface area contributed by atoms with Crippen molar-refractivity contribution >= 4 is 5.91 Å². The van der Waals surface area contributed by atoms with Gasteiger partial charge in [0.1, 0.15) is 11.5 Å². The fourth-order valence-corrected chi connectivity index (χ4v) is 5.55. The van der Waals surface area contributed by atoms with E-state index in [0.29, 0.717) is 24.6 Å². The summed E-state index contributed by atoms with van der Waals surface area (Å²) in [6, 6.07) is 15.7. The second-order valence-electron chi connectivity index (χ2n) is 11.6. The maximum atomic E-state index is 12.5. The van der Waals surface area contributed by atoms with Gasteiger partial charge in [-0.2, -0.15) is 0 Å². The number of benzene rings is 3. The van der Waals surface area contributed by atoms with Gasteiger partial charge >= 0.3 is 0 Å². The first-order valence-electron chi connectivity index (χ1n) is 13.4. The second kappa shape index (κ2) is 10.6. The molecule has 1 heterocycles. The number of rotatable bonds is 8. The van der Waals surface area contributed by atoms with E-state index in [1.807, 2.05) is 0 Å². The van der Waals surface area contributed by atoms with Crippen LogP contribution in [0.15, 0.2) is 48.5 Å². The highest BCUT2D eigenvalue weighted by Gasteiger charge is 2.33. The van der Waals surface area contributed by atoms with Gasteiger partial charge in [-0.15, -0.1) is 0 Å². The van der Waals surface area contributed by atoms with Crippen LogP contribution in [0.2, 0.25) is 0 Å². The van der Waals surface area contributed by atoms with Gasteiger partial charge in [0.25, 0.3) is 5.91 Å². The lowest BCUT2D eigenvalue weighted by Crippen LogP contribution is -2.29. The molecule has 0 fully saturated rings. The Bertz CT molecular complexity index is 1290. The highest BCUT2D eigenvalue weighted by atomic mass is 16.5. The van der Waals surface area contributed by atoms with Gasteiger partial charge in [0, 0.05) is 18.0 Å². The number of amides is 1. The summed E-state index contributed by atoms with van der Waals surface area (Å²) in [5.41, 5.74) is 9.56. The predicted octanol–water partition coefficient (Wildman–Crippen LogP) is 7.35. The molecule has 1 aliphatic rings. The molecule has 1 amide bonds. The van der Waals surface area contributed by atoms with Gasteiger partial charge in [-0.3, -0.25) is 4.79 Å². The number of ether oxygens (including phenoxy) is 1. The van der Waals surface area contributed by atoms with Crippen molar-refractivity contribution in [3.63, 3.8) is 0 Å². The van der Waals surface area contributed by atoms with Gasteiger partial charge in [0.05, 0.1) is 12.2 Å². The average Bonchev–Trinajstić information content (AvgIpc) is 3.31. The first kappa shape index (κ1) is 26.8. The third kappa shape index (κ3) is 5.53. The Morgan fingerprint density at radius 2 is 1.70 bits per heavy atom. The molecule has 0 bridgehead atoms. The molecule has 0 aliphatic carbocycles. The van der Waals surface area contributed by atoms with Crippen molar-refractivity contribution in [3.05, 3.63) is 93.0 Å². The summed E-state index contributed by atoms with van der Waals surface area (Å²) >= 11 is 0. The minimum atomic E-state index is -0.238. The number of nitrogens with one attached hydrogen (secondary N) is 1. The van der Waals surface area contributed by atoms with E-state index in [1.165, 1.54) is 45.0 Å². The number of para-hydroxylation sites is 1. The number of hydrogen-bond donors (Lipinski definition) is 2. The zero-order valence-electron chi connectivity index (χ0n) is 23.4. The van der Waals surface area contributed by atoms with E-state index in [4.69, 9.17) is 4.74 Å². The molecule has 1 aliphatic heterocycles. The summed E-state index contributed by atoms with van der Waals surface area (Å²) in [5.74, 6) is 1.59.